The maximum absolute atomic E-state index is 13.7. The molecule has 198 valence electrons. The van der Waals surface area contributed by atoms with Crippen LogP contribution in [-0.2, 0) is 26.2 Å². The lowest BCUT2D eigenvalue weighted by atomic mass is 10.1. The standard InChI is InChI=1S/C26H37N3O6S/c1-7-24(26(31)27-16-19(2)3)28(17-20-9-8-10-23(15-20)35-5)25(30)18-29(36(6,32)33)21-11-13-22(34-4)14-12-21/h8-15,19,24H,7,16-18H2,1-6H3,(H,27,31). The van der Waals surface area contributed by atoms with Gasteiger partial charge in [-0.05, 0) is 54.3 Å². The van der Waals surface area contributed by atoms with Crippen LogP contribution in [0.1, 0.15) is 32.8 Å². The molecule has 0 saturated heterocycles. The summed E-state index contributed by atoms with van der Waals surface area (Å²) in [6, 6.07) is 12.8. The molecular weight excluding hydrogens is 482 g/mol. The average molecular weight is 520 g/mol. The van der Waals surface area contributed by atoms with Crippen LogP contribution in [0, 0.1) is 5.92 Å². The Morgan fingerprint density at radius 2 is 1.64 bits per heavy atom. The first-order chi connectivity index (χ1) is 17.0. The van der Waals surface area contributed by atoms with Gasteiger partial charge in [0.2, 0.25) is 21.8 Å². The highest BCUT2D eigenvalue weighted by molar-refractivity contribution is 7.92. The van der Waals surface area contributed by atoms with Crippen molar-refractivity contribution in [3.63, 3.8) is 0 Å². The Hall–Kier alpha value is -3.27. The van der Waals surface area contributed by atoms with Gasteiger partial charge in [-0.15, -0.1) is 0 Å². The van der Waals surface area contributed by atoms with E-state index in [0.29, 0.717) is 30.2 Å². The lowest BCUT2D eigenvalue weighted by molar-refractivity contribution is -0.140. The molecule has 0 radical (unpaired) electrons. The fraction of sp³-hybridized carbons (Fsp3) is 0.462. The molecular formula is C26H37N3O6S. The van der Waals surface area contributed by atoms with Crippen molar-refractivity contribution in [1.82, 2.24) is 10.2 Å². The summed E-state index contributed by atoms with van der Waals surface area (Å²) >= 11 is 0. The number of methoxy groups -OCH3 is 2. The van der Waals surface area contributed by atoms with Crippen molar-refractivity contribution in [2.75, 3.05) is 37.9 Å². The van der Waals surface area contributed by atoms with Gasteiger partial charge in [0.05, 0.1) is 26.2 Å². The molecule has 1 N–H and O–H groups in total. The smallest absolute Gasteiger partial charge is 0.244 e. The van der Waals surface area contributed by atoms with Crippen molar-refractivity contribution in [3.8, 4) is 11.5 Å². The number of amides is 2. The van der Waals surface area contributed by atoms with Crippen LogP contribution in [-0.4, -0.2) is 64.7 Å². The molecule has 2 aromatic carbocycles. The van der Waals surface area contributed by atoms with E-state index < -0.39 is 28.5 Å². The minimum Gasteiger partial charge on any atom is -0.497 e. The van der Waals surface area contributed by atoms with Crippen molar-refractivity contribution in [3.05, 3.63) is 54.1 Å². The summed E-state index contributed by atoms with van der Waals surface area (Å²) in [6.45, 7) is 5.92. The molecule has 0 aromatic heterocycles. The van der Waals surface area contributed by atoms with Gasteiger partial charge in [-0.1, -0.05) is 32.9 Å². The molecule has 0 saturated carbocycles. The van der Waals surface area contributed by atoms with Gasteiger partial charge in [-0.2, -0.15) is 0 Å². The highest BCUT2D eigenvalue weighted by Gasteiger charge is 2.31. The molecule has 0 aliphatic rings. The van der Waals surface area contributed by atoms with E-state index >= 15 is 0 Å². The summed E-state index contributed by atoms with van der Waals surface area (Å²) in [4.78, 5) is 28.2. The van der Waals surface area contributed by atoms with Crippen molar-refractivity contribution >= 4 is 27.5 Å². The number of sulfonamides is 1. The van der Waals surface area contributed by atoms with Gasteiger partial charge in [0.15, 0.2) is 0 Å². The SMILES string of the molecule is CCC(C(=O)NCC(C)C)N(Cc1cccc(OC)c1)C(=O)CN(c1ccc(OC)cc1)S(C)(=O)=O. The van der Waals surface area contributed by atoms with Crippen LogP contribution >= 0.6 is 0 Å². The minimum absolute atomic E-state index is 0.115. The summed E-state index contributed by atoms with van der Waals surface area (Å²) in [5.74, 6) is 0.646. The molecule has 2 rings (SSSR count). The van der Waals surface area contributed by atoms with Gasteiger partial charge >= 0.3 is 0 Å². The number of ether oxygens (including phenoxy) is 2. The largest absolute Gasteiger partial charge is 0.497 e. The number of anilines is 1. The first-order valence-corrected chi connectivity index (χ1v) is 13.7. The Labute approximate surface area is 214 Å². The predicted octanol–water partition coefficient (Wildman–Crippen LogP) is 3.05. The monoisotopic (exact) mass is 519 g/mol. The number of carbonyl (C=O) groups excluding carboxylic acids is 2. The first kappa shape index (κ1) is 29.0. The Balaban J connectivity index is 2.43. The third-order valence-corrected chi connectivity index (χ3v) is 6.74. The van der Waals surface area contributed by atoms with Gasteiger partial charge < -0.3 is 19.7 Å². The summed E-state index contributed by atoms with van der Waals surface area (Å²) in [5.41, 5.74) is 1.08. The topological polar surface area (TPSA) is 105 Å². The number of hydrogen-bond donors (Lipinski definition) is 1. The molecule has 0 spiro atoms. The van der Waals surface area contributed by atoms with E-state index in [-0.39, 0.29) is 18.4 Å². The van der Waals surface area contributed by atoms with Crippen molar-refractivity contribution < 1.29 is 27.5 Å². The molecule has 36 heavy (non-hydrogen) atoms. The maximum atomic E-state index is 13.7. The second kappa shape index (κ2) is 13.2. The molecule has 0 aliphatic heterocycles. The van der Waals surface area contributed by atoms with E-state index in [0.717, 1.165) is 16.1 Å². The first-order valence-electron chi connectivity index (χ1n) is 11.8. The molecule has 0 heterocycles. The van der Waals surface area contributed by atoms with Crippen LogP contribution in [0.3, 0.4) is 0 Å². The minimum atomic E-state index is -3.80. The average Bonchev–Trinajstić information content (AvgIpc) is 2.85. The van der Waals surface area contributed by atoms with Crippen LogP contribution in [0.15, 0.2) is 48.5 Å². The van der Waals surface area contributed by atoms with Crippen molar-refractivity contribution in [2.45, 2.75) is 39.8 Å². The predicted molar refractivity (Wildman–Crippen MR) is 141 cm³/mol. The zero-order chi connectivity index (χ0) is 26.9. The zero-order valence-corrected chi connectivity index (χ0v) is 22.7. The third kappa shape index (κ3) is 8.15. The quantitative estimate of drug-likeness (QED) is 0.436. The number of hydrogen-bond acceptors (Lipinski definition) is 6. The molecule has 0 aliphatic carbocycles. The molecule has 2 amide bonds. The Kier molecular flexibility index (Phi) is 10.6. The van der Waals surface area contributed by atoms with E-state index in [1.54, 1.807) is 49.6 Å². The number of benzene rings is 2. The summed E-state index contributed by atoms with van der Waals surface area (Å²) < 4.78 is 36.8. The number of nitrogens with one attached hydrogen (secondary N) is 1. The lowest BCUT2D eigenvalue weighted by Crippen LogP contribution is -2.52. The van der Waals surface area contributed by atoms with Crippen molar-refractivity contribution in [2.24, 2.45) is 5.92 Å². The third-order valence-electron chi connectivity index (χ3n) is 5.60. The number of nitrogens with zero attached hydrogens (tertiary/aromatic N) is 2. The second-order valence-electron chi connectivity index (χ2n) is 8.90. The van der Waals surface area contributed by atoms with Gasteiger partial charge in [0.25, 0.3) is 0 Å². The van der Waals surface area contributed by atoms with Gasteiger partial charge in [-0.3, -0.25) is 13.9 Å². The highest BCUT2D eigenvalue weighted by atomic mass is 32.2. The van der Waals surface area contributed by atoms with E-state index in [1.165, 1.54) is 12.0 Å². The molecule has 10 heteroatoms. The van der Waals surface area contributed by atoms with Gasteiger partial charge in [0, 0.05) is 13.1 Å². The van der Waals surface area contributed by atoms with Crippen LogP contribution in [0.25, 0.3) is 0 Å². The van der Waals surface area contributed by atoms with E-state index in [2.05, 4.69) is 5.32 Å². The lowest BCUT2D eigenvalue weighted by Gasteiger charge is -2.33. The zero-order valence-electron chi connectivity index (χ0n) is 21.9. The molecule has 1 atom stereocenters. The Morgan fingerprint density at radius 1 is 1.00 bits per heavy atom. The number of rotatable bonds is 13. The Bertz CT molecular complexity index is 1120. The number of carbonyl (C=O) groups is 2. The van der Waals surface area contributed by atoms with Crippen LogP contribution in [0.5, 0.6) is 11.5 Å². The second-order valence-corrected chi connectivity index (χ2v) is 10.8. The molecule has 0 fully saturated rings. The van der Waals surface area contributed by atoms with Gasteiger partial charge in [0.1, 0.15) is 24.1 Å². The van der Waals surface area contributed by atoms with Crippen LogP contribution in [0.4, 0.5) is 5.69 Å². The molecule has 9 nitrogen and oxygen atoms in total. The van der Waals surface area contributed by atoms with E-state index in [9.17, 15) is 18.0 Å². The maximum Gasteiger partial charge on any atom is 0.244 e. The summed E-state index contributed by atoms with van der Waals surface area (Å²) in [6.07, 6.45) is 1.41. The van der Waals surface area contributed by atoms with E-state index in [1.807, 2.05) is 26.8 Å². The van der Waals surface area contributed by atoms with Crippen molar-refractivity contribution in [1.29, 1.82) is 0 Å². The molecule has 0 bridgehead atoms. The molecule has 2 aromatic rings. The van der Waals surface area contributed by atoms with Crippen LogP contribution < -0.4 is 19.1 Å². The highest BCUT2D eigenvalue weighted by Crippen LogP contribution is 2.23. The Morgan fingerprint density at radius 3 is 2.17 bits per heavy atom. The van der Waals surface area contributed by atoms with Gasteiger partial charge in [-0.25, -0.2) is 8.42 Å². The normalized spacial score (nSPS) is 12.1. The fourth-order valence-corrected chi connectivity index (χ4v) is 4.52. The summed E-state index contributed by atoms with van der Waals surface area (Å²) in [5, 5.41) is 2.90. The summed E-state index contributed by atoms with van der Waals surface area (Å²) in [7, 11) is -0.736. The fourth-order valence-electron chi connectivity index (χ4n) is 3.67. The van der Waals surface area contributed by atoms with Crippen LogP contribution in [0.2, 0.25) is 0 Å². The van der Waals surface area contributed by atoms with E-state index in [4.69, 9.17) is 9.47 Å². The molecule has 1 unspecified atom stereocenters.